The van der Waals surface area contributed by atoms with Gasteiger partial charge in [0.25, 0.3) is 0 Å². The van der Waals surface area contributed by atoms with Crippen molar-refractivity contribution in [2.24, 2.45) is 0 Å². The molecule has 0 unspecified atom stereocenters. The van der Waals surface area contributed by atoms with Gasteiger partial charge in [0.2, 0.25) is 5.88 Å². The molecule has 3 heteroatoms. The fourth-order valence-corrected chi connectivity index (χ4v) is 2.17. The molecule has 0 amide bonds. The average Bonchev–Trinajstić information content (AvgIpc) is 2.02. The minimum absolute atomic E-state index is 0.195. The Bertz CT molecular complexity index is 287. The van der Waals surface area contributed by atoms with E-state index in [2.05, 4.69) is 30.7 Å². The Kier molecular flexibility index (Phi) is 3.32. The zero-order valence-electron chi connectivity index (χ0n) is 9.66. The molecule has 1 aromatic heterocycles. The van der Waals surface area contributed by atoms with Crippen molar-refractivity contribution in [2.45, 2.75) is 39.6 Å². The zero-order valence-corrected chi connectivity index (χ0v) is 10.7. The lowest BCUT2D eigenvalue weighted by Crippen LogP contribution is -2.37. The quantitative estimate of drug-likeness (QED) is 0.713. The molecule has 2 nitrogen and oxygen atoms in total. The summed E-state index contributed by atoms with van der Waals surface area (Å²) in [6.45, 7) is 11.0. The minimum atomic E-state index is -1.21. The first-order valence-electron chi connectivity index (χ1n) is 5.03. The van der Waals surface area contributed by atoms with E-state index in [0.29, 0.717) is 0 Å². The van der Waals surface area contributed by atoms with E-state index in [1.807, 2.05) is 26.1 Å². The van der Waals surface area contributed by atoms with E-state index in [0.717, 1.165) is 5.88 Å². The number of hydrogen-bond acceptors (Lipinski definition) is 2. The van der Waals surface area contributed by atoms with Crippen molar-refractivity contribution in [3.63, 3.8) is 0 Å². The summed E-state index contributed by atoms with van der Waals surface area (Å²) >= 11 is 0. The van der Waals surface area contributed by atoms with Crippen molar-refractivity contribution in [3.05, 3.63) is 18.3 Å². The van der Waals surface area contributed by atoms with Crippen LogP contribution < -0.4 is 9.92 Å². The third-order valence-electron chi connectivity index (χ3n) is 1.96. The highest BCUT2D eigenvalue weighted by Crippen LogP contribution is 2.08. The third kappa shape index (κ3) is 3.14. The van der Waals surface area contributed by atoms with Gasteiger partial charge in [0.15, 0.2) is 0 Å². The summed E-state index contributed by atoms with van der Waals surface area (Å²) in [7, 11) is -1.21. The molecule has 0 saturated carbocycles. The molecule has 0 N–H and O–H groups in total. The lowest BCUT2D eigenvalue weighted by atomic mass is 10.4. The van der Waals surface area contributed by atoms with Gasteiger partial charge in [-0.2, -0.15) is 0 Å². The second kappa shape index (κ2) is 4.13. The number of ether oxygens (including phenoxy) is 1. The molecule has 0 bridgehead atoms. The van der Waals surface area contributed by atoms with Gasteiger partial charge in [-0.1, -0.05) is 25.7 Å². The van der Waals surface area contributed by atoms with Crippen LogP contribution in [0.3, 0.4) is 0 Å². The van der Waals surface area contributed by atoms with Crippen molar-refractivity contribution in [1.29, 1.82) is 0 Å². The topological polar surface area (TPSA) is 22.1 Å². The number of pyridine rings is 1. The normalized spacial score (nSPS) is 11.9. The van der Waals surface area contributed by atoms with Crippen molar-refractivity contribution in [2.75, 3.05) is 0 Å². The maximum absolute atomic E-state index is 5.49. The molecule has 0 radical (unpaired) electrons. The van der Waals surface area contributed by atoms with Gasteiger partial charge < -0.3 is 4.74 Å². The van der Waals surface area contributed by atoms with Crippen LogP contribution in [-0.4, -0.2) is 19.2 Å². The molecule has 0 aromatic carbocycles. The monoisotopic (exact) mass is 209 g/mol. The van der Waals surface area contributed by atoms with E-state index in [1.54, 1.807) is 0 Å². The van der Waals surface area contributed by atoms with Gasteiger partial charge >= 0.3 is 0 Å². The first kappa shape index (κ1) is 11.2. The smallest absolute Gasteiger partial charge is 0.213 e. The van der Waals surface area contributed by atoms with Gasteiger partial charge in [-0.05, 0) is 19.0 Å². The highest BCUT2D eigenvalue weighted by Gasteiger charge is 2.16. The van der Waals surface area contributed by atoms with Crippen LogP contribution in [0.25, 0.3) is 0 Å². The number of hydrogen-bond donors (Lipinski definition) is 0. The summed E-state index contributed by atoms with van der Waals surface area (Å²) in [5.41, 5.74) is 0. The van der Waals surface area contributed by atoms with Gasteiger partial charge in [0, 0.05) is 12.3 Å². The van der Waals surface area contributed by atoms with E-state index in [9.17, 15) is 0 Å². The Balaban J connectivity index is 2.79. The summed E-state index contributed by atoms with van der Waals surface area (Å²) in [5.74, 6) is 0.724. The minimum Gasteiger partial charge on any atom is -0.475 e. The molecular weight excluding hydrogens is 190 g/mol. The van der Waals surface area contributed by atoms with Crippen LogP contribution in [0.5, 0.6) is 5.88 Å². The summed E-state index contributed by atoms with van der Waals surface area (Å²) in [6.07, 6.45) is 2.14. The second-order valence-electron chi connectivity index (χ2n) is 4.80. The first-order chi connectivity index (χ1) is 6.39. The Hall–Kier alpha value is -0.833. The fraction of sp³-hybridized carbons (Fsp3) is 0.545. The van der Waals surface area contributed by atoms with E-state index >= 15 is 0 Å². The maximum atomic E-state index is 5.49. The molecule has 0 atom stereocenters. The zero-order chi connectivity index (χ0) is 10.8. The molecule has 78 valence electrons. The van der Waals surface area contributed by atoms with Gasteiger partial charge in [0.05, 0.1) is 14.2 Å². The molecule has 14 heavy (non-hydrogen) atoms. The number of aromatic nitrogens is 1. The summed E-state index contributed by atoms with van der Waals surface area (Å²) in [4.78, 5) is 4.30. The van der Waals surface area contributed by atoms with Crippen LogP contribution >= 0.6 is 0 Å². The molecule has 0 aliphatic carbocycles. The number of rotatable bonds is 3. The lowest BCUT2D eigenvalue weighted by Gasteiger charge is -2.16. The Morgan fingerprint density at radius 3 is 2.21 bits per heavy atom. The van der Waals surface area contributed by atoms with Crippen LogP contribution in [0.4, 0.5) is 0 Å². The molecule has 1 heterocycles. The molecule has 0 aliphatic heterocycles. The first-order valence-corrected chi connectivity index (χ1v) is 8.53. The maximum Gasteiger partial charge on any atom is 0.213 e. The highest BCUT2D eigenvalue weighted by molar-refractivity contribution is 6.88. The summed E-state index contributed by atoms with van der Waals surface area (Å²) in [6, 6.07) is 4.10. The highest BCUT2D eigenvalue weighted by atomic mass is 28.3. The number of nitrogens with zero attached hydrogens (tertiary/aromatic N) is 1. The SMILES string of the molecule is CC(C)Oc1ccc([Si](C)(C)C)cn1. The summed E-state index contributed by atoms with van der Waals surface area (Å²) in [5, 5.41) is 1.37. The Morgan fingerprint density at radius 2 is 1.86 bits per heavy atom. The van der Waals surface area contributed by atoms with Gasteiger partial charge in [-0.15, -0.1) is 0 Å². The molecule has 0 fully saturated rings. The lowest BCUT2D eigenvalue weighted by molar-refractivity contribution is 0.233. The van der Waals surface area contributed by atoms with Crippen LogP contribution in [-0.2, 0) is 0 Å². The van der Waals surface area contributed by atoms with Crippen LogP contribution in [0.1, 0.15) is 13.8 Å². The second-order valence-corrected chi connectivity index (χ2v) is 9.88. The van der Waals surface area contributed by atoms with Crippen LogP contribution in [0.2, 0.25) is 19.6 Å². The third-order valence-corrected chi connectivity index (χ3v) is 3.99. The standard InChI is InChI=1S/C11H19NOSi/c1-9(2)13-11-7-6-10(8-12-11)14(3,4)5/h6-9H,1-5H3. The van der Waals surface area contributed by atoms with Crippen molar-refractivity contribution >= 4 is 13.3 Å². The van der Waals surface area contributed by atoms with Crippen LogP contribution in [0, 0.1) is 0 Å². The van der Waals surface area contributed by atoms with Crippen molar-refractivity contribution in [3.8, 4) is 5.88 Å². The Morgan fingerprint density at radius 1 is 1.21 bits per heavy atom. The predicted octanol–water partition coefficient (Wildman–Crippen LogP) is 2.41. The van der Waals surface area contributed by atoms with E-state index in [1.165, 1.54) is 5.19 Å². The van der Waals surface area contributed by atoms with Crippen molar-refractivity contribution in [1.82, 2.24) is 4.98 Å². The molecule has 1 rings (SSSR count). The molecule has 0 saturated heterocycles. The van der Waals surface area contributed by atoms with E-state index in [4.69, 9.17) is 4.74 Å². The molecule has 1 aromatic rings. The molecular formula is C11H19NOSi. The van der Waals surface area contributed by atoms with Gasteiger partial charge in [-0.3, -0.25) is 0 Å². The average molecular weight is 209 g/mol. The molecule has 0 aliphatic rings. The van der Waals surface area contributed by atoms with E-state index < -0.39 is 8.07 Å². The van der Waals surface area contributed by atoms with E-state index in [-0.39, 0.29) is 6.10 Å². The van der Waals surface area contributed by atoms with Gasteiger partial charge in [0.1, 0.15) is 0 Å². The molecule has 0 spiro atoms. The largest absolute Gasteiger partial charge is 0.475 e. The predicted molar refractivity (Wildman–Crippen MR) is 63.0 cm³/mol. The van der Waals surface area contributed by atoms with Crippen LogP contribution in [0.15, 0.2) is 18.3 Å². The fourth-order valence-electron chi connectivity index (χ4n) is 1.14. The van der Waals surface area contributed by atoms with Gasteiger partial charge in [-0.25, -0.2) is 4.98 Å². The Labute approximate surface area is 87.3 Å². The summed E-state index contributed by atoms with van der Waals surface area (Å²) < 4.78 is 5.49. The van der Waals surface area contributed by atoms with Crippen molar-refractivity contribution < 1.29 is 4.74 Å².